The lowest BCUT2D eigenvalue weighted by molar-refractivity contribution is -0.131. The number of halogens is 2. The molecule has 0 spiro atoms. The molecule has 6 heteroatoms. The van der Waals surface area contributed by atoms with Crippen LogP contribution in [0.4, 0.5) is 0 Å². The highest BCUT2D eigenvalue weighted by atomic mass is 35.5. The fraction of sp³-hybridized carbons (Fsp3) is 0.176. The van der Waals surface area contributed by atoms with Crippen molar-refractivity contribution in [1.82, 2.24) is 5.32 Å². The topological polar surface area (TPSA) is 55.4 Å². The van der Waals surface area contributed by atoms with Gasteiger partial charge in [0, 0.05) is 12.5 Å². The molecule has 0 bridgehead atoms. The molecule has 4 nitrogen and oxygen atoms in total. The Morgan fingerprint density at radius 3 is 2.26 bits per heavy atom. The maximum Gasteiger partial charge on any atom is 0.308 e. The smallest absolute Gasteiger partial charge is 0.308 e. The largest absolute Gasteiger partial charge is 0.427 e. The summed E-state index contributed by atoms with van der Waals surface area (Å²) in [6.07, 6.45) is 0. The van der Waals surface area contributed by atoms with Gasteiger partial charge in [-0.3, -0.25) is 9.59 Å². The number of carbonyl (C=O) groups is 2. The zero-order valence-electron chi connectivity index (χ0n) is 12.6. The number of hydrogen-bond donors (Lipinski definition) is 1. The Morgan fingerprint density at radius 2 is 1.70 bits per heavy atom. The minimum atomic E-state index is -0.407. The van der Waals surface area contributed by atoms with E-state index in [1.165, 1.54) is 6.92 Å². The number of benzene rings is 2. The van der Waals surface area contributed by atoms with Crippen LogP contribution in [-0.2, 0) is 4.79 Å². The number of nitrogens with one attached hydrogen (secondary N) is 1. The van der Waals surface area contributed by atoms with Crippen LogP contribution < -0.4 is 10.1 Å². The number of ether oxygens (including phenoxy) is 1. The third kappa shape index (κ3) is 4.71. The van der Waals surface area contributed by atoms with Crippen molar-refractivity contribution in [3.05, 3.63) is 63.6 Å². The van der Waals surface area contributed by atoms with Crippen LogP contribution in [0.25, 0.3) is 0 Å². The molecule has 2 aromatic rings. The van der Waals surface area contributed by atoms with Crippen molar-refractivity contribution in [3.63, 3.8) is 0 Å². The van der Waals surface area contributed by atoms with Gasteiger partial charge in [-0.2, -0.15) is 0 Å². The van der Waals surface area contributed by atoms with Crippen LogP contribution >= 0.6 is 23.2 Å². The minimum absolute atomic E-state index is 0.231. The zero-order valence-corrected chi connectivity index (χ0v) is 14.1. The van der Waals surface area contributed by atoms with Crippen LogP contribution in [0.15, 0.2) is 42.5 Å². The Bertz CT molecular complexity index is 729. The summed E-state index contributed by atoms with van der Waals surface area (Å²) in [5, 5.41) is 3.78. The third-order valence-corrected chi connectivity index (χ3v) is 3.91. The molecule has 0 saturated carbocycles. The molecule has 120 valence electrons. The van der Waals surface area contributed by atoms with Crippen LogP contribution in [0, 0.1) is 0 Å². The average Bonchev–Trinajstić information content (AvgIpc) is 2.50. The van der Waals surface area contributed by atoms with E-state index < -0.39 is 5.97 Å². The van der Waals surface area contributed by atoms with Gasteiger partial charge in [0.2, 0.25) is 0 Å². The lowest BCUT2D eigenvalue weighted by Crippen LogP contribution is -2.26. The number of rotatable bonds is 4. The van der Waals surface area contributed by atoms with Crippen LogP contribution in [0.2, 0.25) is 10.0 Å². The Morgan fingerprint density at radius 1 is 1.04 bits per heavy atom. The first-order valence-corrected chi connectivity index (χ1v) is 7.66. The van der Waals surface area contributed by atoms with Crippen LogP contribution in [0.1, 0.15) is 35.8 Å². The second-order valence-corrected chi connectivity index (χ2v) is 5.80. The summed E-state index contributed by atoms with van der Waals surface area (Å²) < 4.78 is 4.93. The molecule has 0 heterocycles. The second-order valence-electron chi connectivity index (χ2n) is 4.99. The van der Waals surface area contributed by atoms with E-state index in [1.54, 1.807) is 36.4 Å². The van der Waals surface area contributed by atoms with Crippen molar-refractivity contribution in [2.75, 3.05) is 0 Å². The van der Waals surface area contributed by atoms with E-state index in [0.717, 1.165) is 5.56 Å². The molecule has 0 fully saturated rings. The first-order chi connectivity index (χ1) is 10.9. The lowest BCUT2D eigenvalue weighted by Gasteiger charge is -2.15. The van der Waals surface area contributed by atoms with Gasteiger partial charge >= 0.3 is 5.97 Å². The lowest BCUT2D eigenvalue weighted by atomic mass is 10.1. The quantitative estimate of drug-likeness (QED) is 0.655. The van der Waals surface area contributed by atoms with Gasteiger partial charge in [0.05, 0.1) is 16.1 Å². The van der Waals surface area contributed by atoms with Crippen molar-refractivity contribution in [2.45, 2.75) is 19.9 Å². The van der Waals surface area contributed by atoms with E-state index in [2.05, 4.69) is 5.32 Å². The number of esters is 1. The Kier molecular flexibility index (Phi) is 5.64. The summed E-state index contributed by atoms with van der Waals surface area (Å²) in [5.41, 5.74) is 1.32. The van der Waals surface area contributed by atoms with E-state index in [4.69, 9.17) is 27.9 Å². The van der Waals surface area contributed by atoms with E-state index >= 15 is 0 Å². The second kappa shape index (κ2) is 7.49. The van der Waals surface area contributed by atoms with Gasteiger partial charge in [0.15, 0.2) is 0 Å². The average molecular weight is 352 g/mol. The zero-order chi connectivity index (χ0) is 17.0. The maximum atomic E-state index is 12.2. The summed E-state index contributed by atoms with van der Waals surface area (Å²) in [5.74, 6) is -0.250. The summed E-state index contributed by atoms with van der Waals surface area (Å²) >= 11 is 11.9. The first-order valence-electron chi connectivity index (χ1n) is 6.91. The first kappa shape index (κ1) is 17.3. The molecule has 1 amide bonds. The fourth-order valence-corrected chi connectivity index (χ4v) is 2.29. The molecule has 0 aliphatic heterocycles. The molecule has 0 aliphatic rings. The van der Waals surface area contributed by atoms with E-state index in [0.29, 0.717) is 21.4 Å². The molecule has 2 aromatic carbocycles. The molecule has 0 radical (unpaired) electrons. The normalized spacial score (nSPS) is 11.7. The Hall–Kier alpha value is -2.04. The summed E-state index contributed by atoms with van der Waals surface area (Å²) in [6.45, 7) is 3.17. The molecule has 1 unspecified atom stereocenters. The maximum absolute atomic E-state index is 12.2. The van der Waals surface area contributed by atoms with E-state index in [9.17, 15) is 9.59 Å². The molecular formula is C17H15Cl2NO3. The van der Waals surface area contributed by atoms with Gasteiger partial charge in [-0.25, -0.2) is 0 Å². The van der Waals surface area contributed by atoms with Crippen LogP contribution in [-0.4, -0.2) is 11.9 Å². The van der Waals surface area contributed by atoms with E-state index in [-0.39, 0.29) is 11.9 Å². The molecule has 1 N–H and O–H groups in total. The van der Waals surface area contributed by atoms with Gasteiger partial charge in [-0.05, 0) is 48.9 Å². The van der Waals surface area contributed by atoms with Crippen molar-refractivity contribution >= 4 is 35.1 Å². The van der Waals surface area contributed by atoms with Crippen LogP contribution in [0.3, 0.4) is 0 Å². The number of carbonyl (C=O) groups excluding carboxylic acids is 2. The van der Waals surface area contributed by atoms with Gasteiger partial charge in [0.1, 0.15) is 5.75 Å². The monoisotopic (exact) mass is 351 g/mol. The highest BCUT2D eigenvalue weighted by molar-refractivity contribution is 6.42. The SMILES string of the molecule is CC(=O)Oc1ccc(C(=O)NC(C)c2ccc(Cl)c(Cl)c2)cc1. The summed E-state index contributed by atoms with van der Waals surface area (Å²) in [7, 11) is 0. The molecule has 0 saturated heterocycles. The predicted octanol–water partition coefficient (Wildman–Crippen LogP) is 4.41. The van der Waals surface area contributed by atoms with Gasteiger partial charge in [0.25, 0.3) is 5.91 Å². The van der Waals surface area contributed by atoms with Crippen molar-refractivity contribution in [1.29, 1.82) is 0 Å². The molecule has 1 atom stereocenters. The summed E-state index contributed by atoms with van der Waals surface area (Å²) in [6, 6.07) is 11.3. The fourth-order valence-electron chi connectivity index (χ4n) is 1.99. The highest BCUT2D eigenvalue weighted by Crippen LogP contribution is 2.25. The van der Waals surface area contributed by atoms with Gasteiger partial charge < -0.3 is 10.1 Å². The van der Waals surface area contributed by atoms with Gasteiger partial charge in [-0.1, -0.05) is 29.3 Å². The standard InChI is InChI=1S/C17H15Cl2NO3/c1-10(13-5-8-15(18)16(19)9-13)20-17(22)12-3-6-14(7-4-12)23-11(2)21/h3-10H,1-2H3,(H,20,22). The van der Waals surface area contributed by atoms with Crippen molar-refractivity contribution in [2.24, 2.45) is 0 Å². The van der Waals surface area contributed by atoms with Crippen molar-refractivity contribution in [3.8, 4) is 5.75 Å². The Balaban J connectivity index is 2.05. The molecule has 2 rings (SSSR count). The van der Waals surface area contributed by atoms with E-state index in [1.807, 2.05) is 13.0 Å². The summed E-state index contributed by atoms with van der Waals surface area (Å²) in [4.78, 5) is 23.1. The van der Waals surface area contributed by atoms with Crippen LogP contribution in [0.5, 0.6) is 5.75 Å². The molecule has 0 aromatic heterocycles. The third-order valence-electron chi connectivity index (χ3n) is 3.17. The van der Waals surface area contributed by atoms with Gasteiger partial charge in [-0.15, -0.1) is 0 Å². The molecule has 0 aliphatic carbocycles. The predicted molar refractivity (Wildman–Crippen MR) is 90.1 cm³/mol. The minimum Gasteiger partial charge on any atom is -0.427 e. The number of amides is 1. The Labute approximate surface area is 144 Å². The molecule has 23 heavy (non-hydrogen) atoms. The highest BCUT2D eigenvalue weighted by Gasteiger charge is 2.13. The molecular weight excluding hydrogens is 337 g/mol. The number of hydrogen-bond acceptors (Lipinski definition) is 3. The van der Waals surface area contributed by atoms with Crippen molar-refractivity contribution < 1.29 is 14.3 Å².